The third kappa shape index (κ3) is 4.98. The van der Waals surface area contributed by atoms with E-state index in [1.54, 1.807) is 6.33 Å². The van der Waals surface area contributed by atoms with Crippen molar-refractivity contribution in [2.45, 2.75) is 18.0 Å². The Balaban J connectivity index is 1.86. The maximum absolute atomic E-state index is 12.4. The lowest BCUT2D eigenvalue weighted by molar-refractivity contribution is -0.127. The third-order valence-electron chi connectivity index (χ3n) is 6.03. The molecule has 0 saturated carbocycles. The average Bonchev–Trinajstić information content (AvgIpc) is 3.38. The highest BCUT2D eigenvalue weighted by Crippen LogP contribution is 2.40. The van der Waals surface area contributed by atoms with E-state index >= 15 is 0 Å². The normalized spacial score (nSPS) is 12.1. The summed E-state index contributed by atoms with van der Waals surface area (Å²) in [6.45, 7) is 0. The molecule has 1 unspecified atom stereocenters. The van der Waals surface area contributed by atoms with Crippen LogP contribution < -0.4 is 10.6 Å². The number of nitrogens with zero attached hydrogens (tertiary/aromatic N) is 2. The summed E-state index contributed by atoms with van der Waals surface area (Å²) in [7, 11) is 1.53. The molecule has 0 fully saturated rings. The zero-order chi connectivity index (χ0) is 24.7. The first-order valence-electron chi connectivity index (χ1n) is 11.4. The lowest BCUT2D eigenvalue weighted by atomic mass is 9.77. The number of rotatable bonds is 9. The number of imidazole rings is 1. The topological polar surface area (TPSA) is 76.0 Å². The Hall–Kier alpha value is -3.90. The van der Waals surface area contributed by atoms with Gasteiger partial charge in [-0.15, -0.1) is 11.6 Å². The molecule has 0 aliphatic heterocycles. The molecule has 3 aromatic carbocycles. The fourth-order valence-corrected chi connectivity index (χ4v) is 4.54. The smallest absolute Gasteiger partial charge is 0.242 e. The van der Waals surface area contributed by atoms with Crippen LogP contribution in [0.3, 0.4) is 0 Å². The van der Waals surface area contributed by atoms with Crippen LogP contribution in [0.2, 0.25) is 0 Å². The molecule has 0 spiro atoms. The van der Waals surface area contributed by atoms with Gasteiger partial charge < -0.3 is 15.2 Å². The molecule has 0 radical (unpaired) electrons. The molecule has 1 aromatic heterocycles. The molecule has 6 nitrogen and oxygen atoms in total. The lowest BCUT2D eigenvalue weighted by Crippen LogP contribution is -2.47. The van der Waals surface area contributed by atoms with Gasteiger partial charge in [0, 0.05) is 19.7 Å². The van der Waals surface area contributed by atoms with E-state index in [1.165, 1.54) is 7.05 Å². The van der Waals surface area contributed by atoms with Gasteiger partial charge in [-0.3, -0.25) is 9.59 Å². The Morgan fingerprint density at radius 1 is 0.886 bits per heavy atom. The Morgan fingerprint density at radius 3 is 1.80 bits per heavy atom. The van der Waals surface area contributed by atoms with Crippen LogP contribution in [0.1, 0.15) is 22.4 Å². The first kappa shape index (κ1) is 24.2. The van der Waals surface area contributed by atoms with Crippen LogP contribution in [0.25, 0.3) is 0 Å². The SMILES string of the molecule is CNC(=O)C(Cc1cn(C(c2ccccc2)(c2ccccc2)c2ccccc2)cn1)NC(=O)CCl. The molecule has 178 valence electrons. The van der Waals surface area contributed by atoms with Crippen LogP contribution in [-0.4, -0.2) is 40.3 Å². The highest BCUT2D eigenvalue weighted by Gasteiger charge is 2.38. The predicted molar refractivity (Wildman–Crippen MR) is 137 cm³/mol. The van der Waals surface area contributed by atoms with Crippen molar-refractivity contribution >= 4 is 23.4 Å². The number of halogens is 1. The lowest BCUT2D eigenvalue weighted by Gasteiger charge is -2.37. The van der Waals surface area contributed by atoms with Crippen molar-refractivity contribution in [1.29, 1.82) is 0 Å². The van der Waals surface area contributed by atoms with Gasteiger partial charge in [-0.1, -0.05) is 91.0 Å². The number of carbonyl (C=O) groups is 2. The Kier molecular flexibility index (Phi) is 7.63. The number of alkyl halides is 1. The van der Waals surface area contributed by atoms with Crippen molar-refractivity contribution < 1.29 is 9.59 Å². The summed E-state index contributed by atoms with van der Waals surface area (Å²) in [4.78, 5) is 29.0. The molecule has 0 bridgehead atoms. The zero-order valence-electron chi connectivity index (χ0n) is 19.4. The molecule has 4 aromatic rings. The predicted octanol–water partition coefficient (Wildman–Crippen LogP) is 3.74. The van der Waals surface area contributed by atoms with Gasteiger partial charge in [-0.05, 0) is 16.7 Å². The number of hydrogen-bond donors (Lipinski definition) is 2. The van der Waals surface area contributed by atoms with E-state index < -0.39 is 17.5 Å². The molecule has 1 atom stereocenters. The maximum Gasteiger partial charge on any atom is 0.242 e. The summed E-state index contributed by atoms with van der Waals surface area (Å²) in [5.41, 5.74) is 3.18. The molecular formula is C28H27ClN4O2. The Labute approximate surface area is 210 Å². The third-order valence-corrected chi connectivity index (χ3v) is 6.27. The second-order valence-electron chi connectivity index (χ2n) is 8.15. The Bertz CT molecular complexity index is 1160. The molecule has 0 aliphatic rings. The highest BCUT2D eigenvalue weighted by molar-refractivity contribution is 6.27. The van der Waals surface area contributed by atoms with Crippen LogP contribution in [0, 0.1) is 0 Å². The van der Waals surface area contributed by atoms with Crippen LogP contribution >= 0.6 is 11.6 Å². The number of hydrogen-bond acceptors (Lipinski definition) is 3. The molecule has 7 heteroatoms. The van der Waals surface area contributed by atoms with Crippen LogP contribution in [0.4, 0.5) is 0 Å². The second kappa shape index (κ2) is 11.0. The summed E-state index contributed by atoms with van der Waals surface area (Å²) in [5.74, 6) is -0.938. The van der Waals surface area contributed by atoms with Gasteiger partial charge in [0.1, 0.15) is 17.5 Å². The molecule has 35 heavy (non-hydrogen) atoms. The summed E-state index contributed by atoms with van der Waals surface area (Å²) in [6.07, 6.45) is 3.95. The number of nitrogens with one attached hydrogen (secondary N) is 2. The molecule has 2 amide bonds. The molecule has 0 saturated heterocycles. The largest absolute Gasteiger partial charge is 0.357 e. The van der Waals surface area contributed by atoms with E-state index in [1.807, 2.05) is 60.8 Å². The van der Waals surface area contributed by atoms with E-state index in [4.69, 9.17) is 11.6 Å². The van der Waals surface area contributed by atoms with E-state index in [0.717, 1.165) is 16.7 Å². The minimum Gasteiger partial charge on any atom is -0.357 e. The van der Waals surface area contributed by atoms with Crippen molar-refractivity contribution in [2.24, 2.45) is 0 Å². The van der Waals surface area contributed by atoms with Gasteiger partial charge in [0.05, 0.1) is 12.0 Å². The standard InChI is InChI=1S/C28H27ClN4O2/c1-30-27(35)25(32-26(34)18-29)17-24-19-33(20-31-24)28(21-11-5-2-6-12-21,22-13-7-3-8-14-22)23-15-9-4-10-16-23/h2-16,19-20,25H,17-18H2,1H3,(H,30,35)(H,32,34). The van der Waals surface area contributed by atoms with Crippen molar-refractivity contribution in [1.82, 2.24) is 20.2 Å². The summed E-state index contributed by atoms with van der Waals surface area (Å²) < 4.78 is 2.08. The summed E-state index contributed by atoms with van der Waals surface area (Å²) in [6, 6.07) is 30.0. The van der Waals surface area contributed by atoms with Crippen LogP contribution in [-0.2, 0) is 21.5 Å². The fourth-order valence-electron chi connectivity index (χ4n) is 4.46. The van der Waals surface area contributed by atoms with E-state index in [2.05, 4.69) is 56.6 Å². The first-order valence-corrected chi connectivity index (χ1v) is 11.9. The summed E-state index contributed by atoms with van der Waals surface area (Å²) in [5, 5.41) is 5.27. The maximum atomic E-state index is 12.4. The monoisotopic (exact) mass is 486 g/mol. The first-order chi connectivity index (χ1) is 17.1. The van der Waals surface area contributed by atoms with Gasteiger partial charge >= 0.3 is 0 Å². The number of aromatic nitrogens is 2. The van der Waals surface area contributed by atoms with Crippen molar-refractivity contribution in [2.75, 3.05) is 12.9 Å². The fraction of sp³-hybridized carbons (Fsp3) is 0.179. The van der Waals surface area contributed by atoms with Crippen LogP contribution in [0.15, 0.2) is 104 Å². The molecule has 4 rings (SSSR count). The number of likely N-dealkylation sites (N-methyl/N-ethyl adjacent to an activating group) is 1. The van der Waals surface area contributed by atoms with Crippen molar-refractivity contribution in [3.05, 3.63) is 126 Å². The molecule has 2 N–H and O–H groups in total. The molecular weight excluding hydrogens is 460 g/mol. The summed E-state index contributed by atoms with van der Waals surface area (Å²) >= 11 is 5.65. The van der Waals surface area contributed by atoms with E-state index in [-0.39, 0.29) is 18.2 Å². The minimum atomic E-state index is -0.783. The quantitative estimate of drug-likeness (QED) is 0.279. The van der Waals surface area contributed by atoms with E-state index in [9.17, 15) is 9.59 Å². The van der Waals surface area contributed by atoms with Gasteiger partial charge in [-0.25, -0.2) is 4.98 Å². The second-order valence-corrected chi connectivity index (χ2v) is 8.42. The van der Waals surface area contributed by atoms with Crippen molar-refractivity contribution in [3.8, 4) is 0 Å². The highest BCUT2D eigenvalue weighted by atomic mass is 35.5. The minimum absolute atomic E-state index is 0.221. The van der Waals surface area contributed by atoms with Crippen molar-refractivity contribution in [3.63, 3.8) is 0 Å². The number of benzene rings is 3. The molecule has 1 heterocycles. The van der Waals surface area contributed by atoms with Gasteiger partial charge in [0.15, 0.2) is 0 Å². The van der Waals surface area contributed by atoms with Gasteiger partial charge in [-0.2, -0.15) is 0 Å². The Morgan fingerprint density at radius 2 is 1.37 bits per heavy atom. The average molecular weight is 487 g/mol. The van der Waals surface area contributed by atoms with Crippen LogP contribution in [0.5, 0.6) is 0 Å². The van der Waals surface area contributed by atoms with E-state index in [0.29, 0.717) is 5.69 Å². The number of carbonyl (C=O) groups excluding carboxylic acids is 2. The number of amides is 2. The molecule has 0 aliphatic carbocycles. The zero-order valence-corrected chi connectivity index (χ0v) is 20.2. The van der Waals surface area contributed by atoms with Gasteiger partial charge in [0.25, 0.3) is 0 Å². The van der Waals surface area contributed by atoms with Gasteiger partial charge in [0.2, 0.25) is 11.8 Å².